The molecule has 0 saturated carbocycles. The van der Waals surface area contributed by atoms with Crippen molar-refractivity contribution in [2.45, 2.75) is 20.0 Å². The first-order valence-corrected chi connectivity index (χ1v) is 8.22. The summed E-state index contributed by atoms with van der Waals surface area (Å²) in [5.41, 5.74) is 2.47. The van der Waals surface area contributed by atoms with Crippen molar-refractivity contribution in [2.24, 2.45) is 0 Å². The molecule has 0 aliphatic rings. The number of hydrogen-bond donors (Lipinski definition) is 1. The molecule has 0 bridgehead atoms. The van der Waals surface area contributed by atoms with E-state index < -0.39 is 0 Å². The van der Waals surface area contributed by atoms with E-state index in [-0.39, 0.29) is 0 Å². The van der Waals surface area contributed by atoms with Crippen molar-refractivity contribution < 1.29 is 4.74 Å². The predicted molar refractivity (Wildman–Crippen MR) is 92.2 cm³/mol. The van der Waals surface area contributed by atoms with Gasteiger partial charge in [0.15, 0.2) is 0 Å². The van der Waals surface area contributed by atoms with E-state index >= 15 is 0 Å². The summed E-state index contributed by atoms with van der Waals surface area (Å²) in [7, 11) is 0. The summed E-state index contributed by atoms with van der Waals surface area (Å²) in [4.78, 5) is 0. The van der Waals surface area contributed by atoms with Gasteiger partial charge >= 0.3 is 0 Å². The van der Waals surface area contributed by atoms with Crippen LogP contribution >= 0.6 is 27.5 Å². The largest absolute Gasteiger partial charge is 0.487 e. The maximum absolute atomic E-state index is 6.13. The van der Waals surface area contributed by atoms with Crippen LogP contribution in [0.3, 0.4) is 0 Å². The second-order valence-electron chi connectivity index (χ2n) is 4.78. The molecule has 1 N–H and O–H groups in total. The minimum absolute atomic E-state index is 0.523. The van der Waals surface area contributed by atoms with Crippen LogP contribution in [0.5, 0.6) is 5.75 Å². The van der Waals surface area contributed by atoms with E-state index in [4.69, 9.17) is 16.3 Å². The molecule has 0 spiro atoms. The van der Waals surface area contributed by atoms with Crippen molar-refractivity contribution in [3.05, 3.63) is 63.1 Å². The quantitative estimate of drug-likeness (QED) is 0.707. The molecule has 21 heavy (non-hydrogen) atoms. The van der Waals surface area contributed by atoms with Crippen LogP contribution < -0.4 is 10.1 Å². The normalized spacial score (nSPS) is 10.6. The number of rotatable bonds is 7. The molecule has 0 aliphatic carbocycles. The zero-order chi connectivity index (χ0) is 15.1. The first kappa shape index (κ1) is 16.3. The average molecular weight is 369 g/mol. The van der Waals surface area contributed by atoms with Crippen molar-refractivity contribution in [1.29, 1.82) is 0 Å². The van der Waals surface area contributed by atoms with Crippen molar-refractivity contribution in [1.82, 2.24) is 5.32 Å². The Labute approximate surface area is 139 Å². The van der Waals surface area contributed by atoms with Gasteiger partial charge in [0.1, 0.15) is 12.4 Å². The van der Waals surface area contributed by atoms with Gasteiger partial charge in [-0.3, -0.25) is 0 Å². The lowest BCUT2D eigenvalue weighted by Crippen LogP contribution is -2.15. The van der Waals surface area contributed by atoms with Gasteiger partial charge in [-0.25, -0.2) is 0 Å². The van der Waals surface area contributed by atoms with Crippen LogP contribution in [0.25, 0.3) is 0 Å². The molecule has 0 atom stereocenters. The Morgan fingerprint density at radius 3 is 2.48 bits per heavy atom. The molecule has 0 unspecified atom stereocenters. The fourth-order valence-corrected chi connectivity index (χ4v) is 2.69. The minimum Gasteiger partial charge on any atom is -0.487 e. The number of ether oxygens (including phenoxy) is 1. The summed E-state index contributed by atoms with van der Waals surface area (Å²) in [5, 5.41) is 3.94. The topological polar surface area (TPSA) is 21.3 Å². The molecule has 0 radical (unpaired) electrons. The Morgan fingerprint density at radius 2 is 1.81 bits per heavy atom. The Morgan fingerprint density at radius 1 is 1.10 bits per heavy atom. The van der Waals surface area contributed by atoms with Gasteiger partial charge in [0.2, 0.25) is 0 Å². The van der Waals surface area contributed by atoms with Crippen LogP contribution in [0.15, 0.2) is 46.9 Å². The lowest BCUT2D eigenvalue weighted by Gasteiger charge is -2.09. The first-order valence-electron chi connectivity index (χ1n) is 7.05. The Balaban J connectivity index is 1.88. The second kappa shape index (κ2) is 8.42. The van der Waals surface area contributed by atoms with E-state index in [1.54, 1.807) is 0 Å². The molecule has 0 aromatic heterocycles. The molecular weight excluding hydrogens is 350 g/mol. The molecule has 112 valence electrons. The van der Waals surface area contributed by atoms with Crippen LogP contribution in [0, 0.1) is 0 Å². The molecule has 0 heterocycles. The van der Waals surface area contributed by atoms with Crippen LogP contribution in [0.4, 0.5) is 0 Å². The van der Waals surface area contributed by atoms with Gasteiger partial charge in [-0.1, -0.05) is 58.7 Å². The summed E-state index contributed by atoms with van der Waals surface area (Å²) < 4.78 is 6.70. The van der Waals surface area contributed by atoms with E-state index in [0.29, 0.717) is 17.4 Å². The van der Waals surface area contributed by atoms with Gasteiger partial charge in [-0.2, -0.15) is 0 Å². The molecule has 0 amide bonds. The zero-order valence-corrected chi connectivity index (χ0v) is 14.4. The highest BCUT2D eigenvalue weighted by atomic mass is 79.9. The third-order valence-corrected chi connectivity index (χ3v) is 3.94. The highest BCUT2D eigenvalue weighted by Crippen LogP contribution is 2.28. The number of nitrogens with one attached hydrogen (secondary N) is 1. The van der Waals surface area contributed by atoms with Crippen LogP contribution in [-0.2, 0) is 13.0 Å². The third kappa shape index (κ3) is 5.34. The van der Waals surface area contributed by atoms with E-state index in [9.17, 15) is 0 Å². The van der Waals surface area contributed by atoms with Crippen molar-refractivity contribution in [3.63, 3.8) is 0 Å². The minimum atomic E-state index is 0.523. The standard InChI is InChI=1S/C17H19BrClNO/c1-2-20-10-9-13-3-5-14(6-4-13)12-21-17-8-7-15(18)11-16(17)19/h3-8,11,20H,2,9-10,12H2,1H3. The molecule has 0 saturated heterocycles. The second-order valence-corrected chi connectivity index (χ2v) is 6.11. The number of hydrogen-bond acceptors (Lipinski definition) is 2. The van der Waals surface area contributed by atoms with Crippen LogP contribution in [0.1, 0.15) is 18.1 Å². The lowest BCUT2D eigenvalue weighted by molar-refractivity contribution is 0.306. The SMILES string of the molecule is CCNCCc1ccc(COc2ccc(Br)cc2Cl)cc1. The van der Waals surface area contributed by atoms with Crippen molar-refractivity contribution >= 4 is 27.5 Å². The van der Waals surface area contributed by atoms with Gasteiger partial charge in [-0.05, 0) is 48.8 Å². The molecule has 0 fully saturated rings. The fraction of sp³-hybridized carbons (Fsp3) is 0.294. The van der Waals surface area contributed by atoms with Gasteiger partial charge in [0.05, 0.1) is 5.02 Å². The number of likely N-dealkylation sites (N-methyl/N-ethyl adjacent to an activating group) is 1. The lowest BCUT2D eigenvalue weighted by atomic mass is 10.1. The molecule has 0 aliphatic heterocycles. The van der Waals surface area contributed by atoms with Gasteiger partial charge in [0.25, 0.3) is 0 Å². The summed E-state index contributed by atoms with van der Waals surface area (Å²) in [6, 6.07) is 14.1. The maximum atomic E-state index is 6.13. The fourth-order valence-electron chi connectivity index (χ4n) is 1.97. The first-order chi connectivity index (χ1) is 10.2. The summed E-state index contributed by atoms with van der Waals surface area (Å²) in [6.07, 6.45) is 1.05. The summed E-state index contributed by atoms with van der Waals surface area (Å²) in [6.45, 7) is 4.67. The monoisotopic (exact) mass is 367 g/mol. The Kier molecular flexibility index (Phi) is 6.55. The number of halogens is 2. The van der Waals surface area contributed by atoms with E-state index in [1.165, 1.54) is 5.56 Å². The highest BCUT2D eigenvalue weighted by molar-refractivity contribution is 9.10. The zero-order valence-electron chi connectivity index (χ0n) is 12.0. The maximum Gasteiger partial charge on any atom is 0.138 e. The van der Waals surface area contributed by atoms with Gasteiger partial charge in [-0.15, -0.1) is 0 Å². The molecule has 2 aromatic rings. The summed E-state index contributed by atoms with van der Waals surface area (Å²) >= 11 is 9.51. The summed E-state index contributed by atoms with van der Waals surface area (Å²) in [5.74, 6) is 0.705. The van der Waals surface area contributed by atoms with Crippen LogP contribution in [0.2, 0.25) is 5.02 Å². The Bertz CT molecular complexity index is 572. The Hall–Kier alpha value is -1.03. The average Bonchev–Trinajstić information content (AvgIpc) is 2.48. The van der Waals surface area contributed by atoms with Gasteiger partial charge in [0, 0.05) is 4.47 Å². The molecule has 2 aromatic carbocycles. The predicted octanol–water partition coefficient (Wildman–Crippen LogP) is 4.83. The van der Waals surface area contributed by atoms with Crippen LogP contribution in [-0.4, -0.2) is 13.1 Å². The van der Waals surface area contributed by atoms with Gasteiger partial charge < -0.3 is 10.1 Å². The number of benzene rings is 2. The van der Waals surface area contributed by atoms with Crippen molar-refractivity contribution in [2.75, 3.05) is 13.1 Å². The molecular formula is C17H19BrClNO. The van der Waals surface area contributed by atoms with Crippen molar-refractivity contribution in [3.8, 4) is 5.75 Å². The third-order valence-electron chi connectivity index (χ3n) is 3.15. The van der Waals surface area contributed by atoms with E-state index in [0.717, 1.165) is 29.5 Å². The smallest absolute Gasteiger partial charge is 0.138 e. The molecule has 2 rings (SSSR count). The van der Waals surface area contributed by atoms with E-state index in [1.807, 2.05) is 18.2 Å². The van der Waals surface area contributed by atoms with E-state index in [2.05, 4.69) is 52.4 Å². The highest BCUT2D eigenvalue weighted by Gasteiger charge is 2.03. The molecule has 2 nitrogen and oxygen atoms in total. The molecule has 4 heteroatoms.